The Kier molecular flexibility index (Phi) is 3.43. The van der Waals surface area contributed by atoms with Gasteiger partial charge in [0.1, 0.15) is 0 Å². The second kappa shape index (κ2) is 4.64. The molecular weight excluding hydrogens is 236 g/mol. The summed E-state index contributed by atoms with van der Waals surface area (Å²) in [4.78, 5) is 14.0. The molecule has 1 atom stereocenters. The predicted molar refractivity (Wildman–Crippen MR) is 79.3 cm³/mol. The van der Waals surface area contributed by atoms with Crippen LogP contribution in [0.5, 0.6) is 0 Å². The van der Waals surface area contributed by atoms with Crippen LogP contribution in [0.3, 0.4) is 0 Å². The lowest BCUT2D eigenvalue weighted by Gasteiger charge is -2.19. The van der Waals surface area contributed by atoms with Crippen LogP contribution in [-0.2, 0) is 10.2 Å². The Morgan fingerprint density at radius 2 is 1.95 bits per heavy atom. The highest BCUT2D eigenvalue weighted by Gasteiger charge is 2.42. The van der Waals surface area contributed by atoms with Gasteiger partial charge in [0.2, 0.25) is 5.91 Å². The Morgan fingerprint density at radius 1 is 1.32 bits per heavy atom. The van der Waals surface area contributed by atoms with Crippen LogP contribution < -0.4 is 10.6 Å². The molecule has 2 rings (SSSR count). The van der Waals surface area contributed by atoms with Gasteiger partial charge in [-0.15, -0.1) is 0 Å². The van der Waals surface area contributed by atoms with Crippen LogP contribution in [0.2, 0.25) is 0 Å². The van der Waals surface area contributed by atoms with Crippen LogP contribution in [0.4, 0.5) is 5.69 Å². The third-order valence-corrected chi connectivity index (χ3v) is 4.05. The molecule has 104 valence electrons. The molecule has 0 radical (unpaired) electrons. The average Bonchev–Trinajstić information content (AvgIpc) is 2.50. The van der Waals surface area contributed by atoms with E-state index in [9.17, 15) is 4.79 Å². The van der Waals surface area contributed by atoms with Gasteiger partial charge in [-0.2, -0.15) is 0 Å². The van der Waals surface area contributed by atoms with Crippen molar-refractivity contribution in [1.82, 2.24) is 0 Å². The molecule has 1 unspecified atom stereocenters. The van der Waals surface area contributed by atoms with E-state index in [2.05, 4.69) is 26.0 Å². The molecule has 0 spiro atoms. The molecule has 19 heavy (non-hydrogen) atoms. The van der Waals surface area contributed by atoms with E-state index in [1.165, 1.54) is 0 Å². The Hall–Kier alpha value is -1.35. The lowest BCUT2D eigenvalue weighted by molar-refractivity contribution is -0.121. The number of fused-ring (bicyclic) bond motifs is 1. The molecule has 0 aromatic heterocycles. The summed E-state index contributed by atoms with van der Waals surface area (Å²) in [7, 11) is 1.84. The second-order valence-electron chi connectivity index (χ2n) is 6.50. The summed E-state index contributed by atoms with van der Waals surface area (Å²) in [5.41, 5.74) is 9.03. The summed E-state index contributed by atoms with van der Waals surface area (Å²) in [6, 6.07) is 6.24. The highest BCUT2D eigenvalue weighted by atomic mass is 16.2. The van der Waals surface area contributed by atoms with Gasteiger partial charge in [-0.1, -0.05) is 26.0 Å². The molecule has 0 saturated carbocycles. The molecule has 2 N–H and O–H groups in total. The van der Waals surface area contributed by atoms with E-state index in [4.69, 9.17) is 5.73 Å². The molecule has 1 aliphatic heterocycles. The minimum atomic E-state index is -0.447. The molecule has 3 nitrogen and oxygen atoms in total. The quantitative estimate of drug-likeness (QED) is 0.908. The molecule has 3 heteroatoms. The van der Waals surface area contributed by atoms with Crippen LogP contribution in [0, 0.1) is 5.92 Å². The van der Waals surface area contributed by atoms with E-state index >= 15 is 0 Å². The van der Waals surface area contributed by atoms with Crippen LogP contribution >= 0.6 is 0 Å². The topological polar surface area (TPSA) is 46.3 Å². The fourth-order valence-electron chi connectivity index (χ4n) is 2.87. The Bertz CT molecular complexity index is 505. The fraction of sp³-hybridized carbons (Fsp3) is 0.562. The lowest BCUT2D eigenvalue weighted by atomic mass is 9.84. The van der Waals surface area contributed by atoms with Crippen molar-refractivity contribution in [3.8, 4) is 0 Å². The maximum atomic E-state index is 12.2. The van der Waals surface area contributed by atoms with E-state index in [-0.39, 0.29) is 11.9 Å². The molecule has 0 aliphatic carbocycles. The highest BCUT2D eigenvalue weighted by Crippen LogP contribution is 2.41. The number of amides is 1. The molecule has 1 aromatic rings. The highest BCUT2D eigenvalue weighted by molar-refractivity contribution is 6.07. The Balaban J connectivity index is 2.40. The van der Waals surface area contributed by atoms with E-state index in [0.717, 1.165) is 23.2 Å². The number of hydrogen-bond acceptors (Lipinski definition) is 2. The van der Waals surface area contributed by atoms with E-state index < -0.39 is 5.41 Å². The van der Waals surface area contributed by atoms with Crippen molar-refractivity contribution in [2.24, 2.45) is 11.7 Å². The van der Waals surface area contributed by atoms with Crippen molar-refractivity contribution in [3.63, 3.8) is 0 Å². The van der Waals surface area contributed by atoms with E-state index in [1.807, 2.05) is 27.0 Å². The molecule has 1 amide bonds. The number of nitrogens with zero attached hydrogens (tertiary/aromatic N) is 1. The predicted octanol–water partition coefficient (Wildman–Crippen LogP) is 2.99. The van der Waals surface area contributed by atoms with Gasteiger partial charge in [-0.3, -0.25) is 4.79 Å². The van der Waals surface area contributed by atoms with Gasteiger partial charge in [0.05, 0.1) is 5.41 Å². The minimum absolute atomic E-state index is 0.0436. The zero-order valence-electron chi connectivity index (χ0n) is 12.5. The Labute approximate surface area is 115 Å². The van der Waals surface area contributed by atoms with Gasteiger partial charge in [0.25, 0.3) is 0 Å². The second-order valence-corrected chi connectivity index (χ2v) is 6.50. The summed E-state index contributed by atoms with van der Waals surface area (Å²) in [5.74, 6) is 0.720. The van der Waals surface area contributed by atoms with Crippen molar-refractivity contribution in [1.29, 1.82) is 0 Å². The van der Waals surface area contributed by atoms with Gasteiger partial charge in [0, 0.05) is 18.8 Å². The van der Waals surface area contributed by atoms with Crippen molar-refractivity contribution in [3.05, 3.63) is 29.3 Å². The lowest BCUT2D eigenvalue weighted by Crippen LogP contribution is -2.33. The van der Waals surface area contributed by atoms with E-state index in [0.29, 0.717) is 5.92 Å². The van der Waals surface area contributed by atoms with Crippen LogP contribution in [-0.4, -0.2) is 13.0 Å². The molecule has 1 heterocycles. The smallest absolute Gasteiger partial charge is 0.236 e. The van der Waals surface area contributed by atoms with Crippen molar-refractivity contribution in [2.75, 3.05) is 11.9 Å². The summed E-state index contributed by atoms with van der Waals surface area (Å²) in [5, 5.41) is 0. The first-order valence-electron chi connectivity index (χ1n) is 6.93. The van der Waals surface area contributed by atoms with Crippen molar-refractivity contribution in [2.45, 2.75) is 45.6 Å². The summed E-state index contributed by atoms with van der Waals surface area (Å²) in [6.07, 6.45) is 0.961. The zero-order valence-corrected chi connectivity index (χ0v) is 12.5. The largest absolute Gasteiger partial charge is 0.324 e. The Morgan fingerprint density at radius 3 is 2.53 bits per heavy atom. The standard InChI is InChI=1S/C16H24N2O/c1-10(2)8-13(17)11-6-7-14-12(9-11)16(3,4)15(19)18(14)5/h6-7,9-10,13H,8,17H2,1-5H3. The normalized spacial score (nSPS) is 18.9. The molecule has 1 aliphatic rings. The number of anilines is 1. The number of carbonyl (C=O) groups excluding carboxylic acids is 1. The first-order chi connectivity index (χ1) is 8.75. The third-order valence-electron chi connectivity index (χ3n) is 4.05. The average molecular weight is 260 g/mol. The molecule has 1 aromatic carbocycles. The minimum Gasteiger partial charge on any atom is -0.324 e. The van der Waals surface area contributed by atoms with Crippen LogP contribution in [0.25, 0.3) is 0 Å². The van der Waals surface area contributed by atoms with E-state index in [1.54, 1.807) is 4.90 Å². The number of nitrogens with two attached hydrogens (primary N) is 1. The zero-order chi connectivity index (χ0) is 14.4. The van der Waals surface area contributed by atoms with Gasteiger partial charge in [-0.05, 0) is 43.4 Å². The molecule has 0 fully saturated rings. The number of rotatable bonds is 3. The maximum absolute atomic E-state index is 12.2. The van der Waals surface area contributed by atoms with Crippen LogP contribution in [0.1, 0.15) is 51.3 Å². The van der Waals surface area contributed by atoms with Crippen molar-refractivity contribution < 1.29 is 4.79 Å². The van der Waals surface area contributed by atoms with Crippen molar-refractivity contribution >= 4 is 11.6 Å². The fourth-order valence-corrected chi connectivity index (χ4v) is 2.87. The summed E-state index contributed by atoms with van der Waals surface area (Å²) < 4.78 is 0. The van der Waals surface area contributed by atoms with Gasteiger partial charge in [-0.25, -0.2) is 0 Å². The third kappa shape index (κ3) is 2.27. The number of hydrogen-bond donors (Lipinski definition) is 1. The number of benzene rings is 1. The maximum Gasteiger partial charge on any atom is 0.236 e. The number of carbonyl (C=O) groups is 1. The summed E-state index contributed by atoms with van der Waals surface area (Å²) >= 11 is 0. The van der Waals surface area contributed by atoms with Crippen LogP contribution in [0.15, 0.2) is 18.2 Å². The first-order valence-corrected chi connectivity index (χ1v) is 6.93. The SMILES string of the molecule is CC(C)CC(N)c1ccc2c(c1)C(C)(C)C(=O)N2C. The van der Waals surface area contributed by atoms with Gasteiger partial charge < -0.3 is 10.6 Å². The van der Waals surface area contributed by atoms with Gasteiger partial charge in [0.15, 0.2) is 0 Å². The number of likely N-dealkylation sites (N-methyl/N-ethyl adjacent to an activating group) is 1. The van der Waals surface area contributed by atoms with Gasteiger partial charge >= 0.3 is 0 Å². The summed E-state index contributed by atoms with van der Waals surface area (Å²) in [6.45, 7) is 8.31. The molecule has 0 saturated heterocycles. The first kappa shape index (κ1) is 14.1. The molecular formula is C16H24N2O. The monoisotopic (exact) mass is 260 g/mol. The molecule has 0 bridgehead atoms.